The van der Waals surface area contributed by atoms with E-state index in [2.05, 4.69) is 5.10 Å². The lowest BCUT2D eigenvalue weighted by Crippen LogP contribution is -2.48. The second-order valence-electron chi connectivity index (χ2n) is 6.04. The largest absolute Gasteiger partial charge is 0.480 e. The van der Waals surface area contributed by atoms with Crippen LogP contribution in [-0.2, 0) is 22.6 Å². The van der Waals surface area contributed by atoms with Crippen molar-refractivity contribution < 1.29 is 27.9 Å². The number of aromatic nitrogens is 2. The Kier molecular flexibility index (Phi) is 5.19. The van der Waals surface area contributed by atoms with Crippen molar-refractivity contribution in [1.29, 1.82) is 0 Å². The van der Waals surface area contributed by atoms with Gasteiger partial charge in [0.15, 0.2) is 0 Å². The topological polar surface area (TPSA) is 75.4 Å². The summed E-state index contributed by atoms with van der Waals surface area (Å²) in [6.07, 6.45) is -2.68. The molecular formula is C15H20F3N3O3. The molecule has 1 aliphatic rings. The normalized spacial score (nSPS) is 18.7. The zero-order valence-electron chi connectivity index (χ0n) is 13.6. The summed E-state index contributed by atoms with van der Waals surface area (Å²) >= 11 is 0. The van der Waals surface area contributed by atoms with E-state index in [0.29, 0.717) is 24.2 Å². The molecule has 0 aliphatic carbocycles. The Labute approximate surface area is 137 Å². The first kappa shape index (κ1) is 18.3. The minimum atomic E-state index is -4.40. The summed E-state index contributed by atoms with van der Waals surface area (Å²) in [6, 6.07) is -0.864. The summed E-state index contributed by atoms with van der Waals surface area (Å²) in [5.74, 6) is -1.44. The van der Waals surface area contributed by atoms with Crippen molar-refractivity contribution in [3.63, 3.8) is 0 Å². The number of carbonyl (C=O) groups excluding carboxylic acids is 1. The van der Waals surface area contributed by atoms with Crippen LogP contribution in [0.15, 0.2) is 0 Å². The third-order valence-electron chi connectivity index (χ3n) is 4.30. The van der Waals surface area contributed by atoms with E-state index >= 15 is 0 Å². The quantitative estimate of drug-likeness (QED) is 0.905. The number of hydrogen-bond acceptors (Lipinski definition) is 3. The number of halogens is 3. The van der Waals surface area contributed by atoms with Crippen LogP contribution in [0.3, 0.4) is 0 Å². The van der Waals surface area contributed by atoms with Crippen LogP contribution in [-0.4, -0.2) is 50.4 Å². The number of aliphatic carboxylic acids is 1. The second-order valence-corrected chi connectivity index (χ2v) is 6.04. The lowest BCUT2D eigenvalue weighted by molar-refractivity contribution is -0.151. The van der Waals surface area contributed by atoms with Crippen LogP contribution >= 0.6 is 0 Å². The zero-order valence-corrected chi connectivity index (χ0v) is 13.6. The summed E-state index contributed by atoms with van der Waals surface area (Å²) in [4.78, 5) is 25.1. The van der Waals surface area contributed by atoms with Crippen molar-refractivity contribution in [3.05, 3.63) is 17.0 Å². The number of alkyl halides is 3. The Hall–Kier alpha value is -2.06. The maximum absolute atomic E-state index is 12.6. The number of hydrogen-bond donors (Lipinski definition) is 1. The van der Waals surface area contributed by atoms with Crippen LogP contribution in [0, 0.1) is 13.8 Å². The fraction of sp³-hybridized carbons (Fsp3) is 0.667. The number of amides is 1. The summed E-state index contributed by atoms with van der Waals surface area (Å²) in [7, 11) is 0. The fourth-order valence-corrected chi connectivity index (χ4v) is 3.05. The third kappa shape index (κ3) is 4.07. The molecule has 24 heavy (non-hydrogen) atoms. The summed E-state index contributed by atoms with van der Waals surface area (Å²) < 4.78 is 38.5. The van der Waals surface area contributed by atoms with Gasteiger partial charge in [0.25, 0.3) is 0 Å². The molecule has 134 valence electrons. The van der Waals surface area contributed by atoms with Crippen LogP contribution in [0.25, 0.3) is 0 Å². The summed E-state index contributed by atoms with van der Waals surface area (Å²) in [5, 5.41) is 13.1. The number of likely N-dealkylation sites (tertiary alicyclic amines) is 1. The SMILES string of the molecule is Cc1nn(CC(F)(F)F)c(C)c1CC(=O)N1CCCCC1C(=O)O. The molecule has 1 aliphatic heterocycles. The zero-order chi connectivity index (χ0) is 18.1. The van der Waals surface area contributed by atoms with Gasteiger partial charge in [-0.05, 0) is 33.1 Å². The number of piperidine rings is 1. The molecule has 1 aromatic heterocycles. The van der Waals surface area contributed by atoms with Crippen LogP contribution in [0.1, 0.15) is 36.2 Å². The summed E-state index contributed by atoms with van der Waals surface area (Å²) in [5.41, 5.74) is 1.06. The molecule has 1 saturated heterocycles. The molecule has 0 saturated carbocycles. The van der Waals surface area contributed by atoms with Crippen molar-refractivity contribution >= 4 is 11.9 Å². The number of rotatable bonds is 4. The molecule has 1 aromatic rings. The molecule has 1 N–H and O–H groups in total. The van der Waals surface area contributed by atoms with E-state index in [1.807, 2.05) is 0 Å². The molecule has 2 heterocycles. The van der Waals surface area contributed by atoms with Crippen molar-refractivity contribution in [2.75, 3.05) is 6.54 Å². The van der Waals surface area contributed by atoms with E-state index < -0.39 is 24.7 Å². The molecule has 0 spiro atoms. The minimum Gasteiger partial charge on any atom is -0.480 e. The van der Waals surface area contributed by atoms with E-state index in [-0.39, 0.29) is 18.0 Å². The van der Waals surface area contributed by atoms with Crippen molar-refractivity contribution in [2.45, 2.75) is 58.3 Å². The lowest BCUT2D eigenvalue weighted by Gasteiger charge is -2.33. The summed E-state index contributed by atoms with van der Waals surface area (Å²) in [6.45, 7) is 2.17. The fourth-order valence-electron chi connectivity index (χ4n) is 3.05. The first-order chi connectivity index (χ1) is 11.1. The molecule has 0 radical (unpaired) electrons. The standard InChI is InChI=1S/C15H20F3N3O3/c1-9-11(10(2)21(19-9)8-15(16,17)18)7-13(22)20-6-4-3-5-12(20)14(23)24/h12H,3-8H2,1-2H3,(H,23,24). The highest BCUT2D eigenvalue weighted by Crippen LogP contribution is 2.23. The molecule has 1 amide bonds. The Morgan fingerprint density at radius 3 is 2.54 bits per heavy atom. The predicted octanol–water partition coefficient (Wildman–Crippen LogP) is 2.07. The minimum absolute atomic E-state index is 0.140. The van der Waals surface area contributed by atoms with Gasteiger partial charge in [-0.3, -0.25) is 9.48 Å². The van der Waals surface area contributed by atoms with Crippen molar-refractivity contribution in [1.82, 2.24) is 14.7 Å². The smallest absolute Gasteiger partial charge is 0.408 e. The van der Waals surface area contributed by atoms with Gasteiger partial charge < -0.3 is 10.0 Å². The van der Waals surface area contributed by atoms with E-state index in [0.717, 1.165) is 17.5 Å². The van der Waals surface area contributed by atoms with Gasteiger partial charge in [0.05, 0.1) is 12.1 Å². The molecule has 1 fully saturated rings. The van der Waals surface area contributed by atoms with Gasteiger partial charge in [0.1, 0.15) is 12.6 Å². The van der Waals surface area contributed by atoms with E-state index in [9.17, 15) is 27.9 Å². The monoisotopic (exact) mass is 347 g/mol. The van der Waals surface area contributed by atoms with E-state index in [4.69, 9.17) is 0 Å². The van der Waals surface area contributed by atoms with Gasteiger partial charge in [-0.15, -0.1) is 0 Å². The number of aryl methyl sites for hydroxylation is 1. The predicted molar refractivity (Wildman–Crippen MR) is 78.4 cm³/mol. The van der Waals surface area contributed by atoms with Crippen LogP contribution in [0.4, 0.5) is 13.2 Å². The van der Waals surface area contributed by atoms with Crippen LogP contribution in [0.5, 0.6) is 0 Å². The highest BCUT2D eigenvalue weighted by molar-refractivity contribution is 5.85. The lowest BCUT2D eigenvalue weighted by atomic mass is 10.0. The highest BCUT2D eigenvalue weighted by Gasteiger charge is 2.33. The Morgan fingerprint density at radius 2 is 1.96 bits per heavy atom. The maximum Gasteiger partial charge on any atom is 0.408 e. The number of carboxylic acid groups (broad SMARTS) is 1. The molecule has 0 aromatic carbocycles. The molecule has 2 rings (SSSR count). The van der Waals surface area contributed by atoms with E-state index in [1.165, 1.54) is 11.8 Å². The van der Waals surface area contributed by atoms with Gasteiger partial charge in [0, 0.05) is 17.8 Å². The van der Waals surface area contributed by atoms with E-state index in [1.54, 1.807) is 6.92 Å². The van der Waals surface area contributed by atoms with Gasteiger partial charge in [-0.1, -0.05) is 0 Å². The highest BCUT2D eigenvalue weighted by atomic mass is 19.4. The van der Waals surface area contributed by atoms with Gasteiger partial charge in [0.2, 0.25) is 5.91 Å². The first-order valence-corrected chi connectivity index (χ1v) is 7.72. The first-order valence-electron chi connectivity index (χ1n) is 7.72. The Morgan fingerprint density at radius 1 is 1.29 bits per heavy atom. The number of carboxylic acids is 1. The van der Waals surface area contributed by atoms with Gasteiger partial charge in [-0.2, -0.15) is 18.3 Å². The van der Waals surface area contributed by atoms with Crippen LogP contribution < -0.4 is 0 Å². The molecule has 9 heteroatoms. The van der Waals surface area contributed by atoms with Crippen LogP contribution in [0.2, 0.25) is 0 Å². The average Bonchev–Trinajstić information content (AvgIpc) is 2.72. The second kappa shape index (κ2) is 6.82. The Balaban J connectivity index is 2.18. The van der Waals surface area contributed by atoms with Crippen molar-refractivity contribution in [3.8, 4) is 0 Å². The molecular weight excluding hydrogens is 327 g/mol. The average molecular weight is 347 g/mol. The van der Waals surface area contributed by atoms with Crippen molar-refractivity contribution in [2.24, 2.45) is 0 Å². The Bertz CT molecular complexity index is 640. The molecule has 1 unspecified atom stereocenters. The van der Waals surface area contributed by atoms with Gasteiger partial charge >= 0.3 is 12.1 Å². The van der Waals surface area contributed by atoms with Gasteiger partial charge in [-0.25, -0.2) is 4.79 Å². The molecule has 1 atom stereocenters. The number of carbonyl (C=O) groups is 2. The molecule has 0 bridgehead atoms. The number of nitrogens with zero attached hydrogens (tertiary/aromatic N) is 3. The maximum atomic E-state index is 12.6. The molecule has 6 nitrogen and oxygen atoms in total. The third-order valence-corrected chi connectivity index (χ3v) is 4.30.